The smallest absolute Gasteiger partial charge is 0.131 e. The van der Waals surface area contributed by atoms with E-state index >= 15 is 0 Å². The molecule has 0 amide bonds. The zero-order chi connectivity index (χ0) is 9.84. The van der Waals surface area contributed by atoms with Crippen LogP contribution in [0.1, 0.15) is 24.8 Å². The Bertz CT molecular complexity index is 269. The zero-order valence-corrected chi connectivity index (χ0v) is 8.94. The van der Waals surface area contributed by atoms with Gasteiger partial charge in [-0.3, -0.25) is 0 Å². The monoisotopic (exact) mass is 218 g/mol. The minimum Gasteiger partial charge on any atom is -0.330 e. The van der Waals surface area contributed by atoms with Crippen LogP contribution in [0.4, 0.5) is 0 Å². The number of hydrogen-bond acceptors (Lipinski definition) is 2. The molecule has 1 heterocycles. The highest BCUT2D eigenvalue weighted by atomic mass is 35.5. The van der Waals surface area contributed by atoms with Crippen LogP contribution >= 0.6 is 23.2 Å². The first-order valence-corrected chi connectivity index (χ1v) is 4.92. The maximum atomic E-state index is 5.77. The summed E-state index contributed by atoms with van der Waals surface area (Å²) in [5, 5.41) is 0.873. The van der Waals surface area contributed by atoms with E-state index in [0.717, 1.165) is 12.0 Å². The van der Waals surface area contributed by atoms with Crippen LogP contribution in [0.25, 0.3) is 0 Å². The molecule has 0 saturated carbocycles. The lowest BCUT2D eigenvalue weighted by Gasteiger charge is -2.10. The van der Waals surface area contributed by atoms with Gasteiger partial charge in [-0.2, -0.15) is 0 Å². The Balaban J connectivity index is 2.87. The molecule has 4 heteroatoms. The third kappa shape index (κ3) is 3.14. The lowest BCUT2D eigenvalue weighted by molar-refractivity contribution is 0.689. The molecule has 1 aromatic heterocycles. The molecule has 0 spiro atoms. The highest BCUT2D eigenvalue weighted by molar-refractivity contribution is 6.32. The predicted octanol–water partition coefficient (Wildman–Crippen LogP) is 2.84. The number of aromatic nitrogens is 1. The summed E-state index contributed by atoms with van der Waals surface area (Å²) in [5.41, 5.74) is 6.55. The summed E-state index contributed by atoms with van der Waals surface area (Å²) in [6, 6.07) is 3.65. The van der Waals surface area contributed by atoms with Crippen LogP contribution in [0, 0.1) is 0 Å². The van der Waals surface area contributed by atoms with E-state index in [4.69, 9.17) is 28.9 Å². The largest absolute Gasteiger partial charge is 0.330 e. The first-order valence-electron chi connectivity index (χ1n) is 4.16. The van der Waals surface area contributed by atoms with Gasteiger partial charge in [0, 0.05) is 0 Å². The summed E-state index contributed by atoms with van der Waals surface area (Å²) in [6.07, 6.45) is 0.927. The first-order chi connectivity index (χ1) is 6.13. The second kappa shape index (κ2) is 4.80. The van der Waals surface area contributed by atoms with E-state index in [1.807, 2.05) is 12.1 Å². The lowest BCUT2D eigenvalue weighted by atomic mass is 9.99. The fourth-order valence-electron chi connectivity index (χ4n) is 1.18. The van der Waals surface area contributed by atoms with Crippen molar-refractivity contribution in [3.8, 4) is 0 Å². The minimum atomic E-state index is 0.378. The van der Waals surface area contributed by atoms with Gasteiger partial charge < -0.3 is 5.73 Å². The van der Waals surface area contributed by atoms with Crippen molar-refractivity contribution in [1.82, 2.24) is 4.98 Å². The van der Waals surface area contributed by atoms with Crippen LogP contribution in [-0.4, -0.2) is 11.5 Å². The highest BCUT2D eigenvalue weighted by Gasteiger charge is 2.06. The molecule has 0 aromatic carbocycles. The summed E-state index contributed by atoms with van der Waals surface area (Å²) in [4.78, 5) is 3.88. The van der Waals surface area contributed by atoms with E-state index in [9.17, 15) is 0 Å². The van der Waals surface area contributed by atoms with Gasteiger partial charge in [0.25, 0.3) is 0 Å². The molecule has 1 aromatic rings. The van der Waals surface area contributed by atoms with Gasteiger partial charge in [0.1, 0.15) is 10.3 Å². The van der Waals surface area contributed by atoms with Crippen molar-refractivity contribution in [1.29, 1.82) is 0 Å². The van der Waals surface area contributed by atoms with E-state index in [2.05, 4.69) is 11.9 Å². The maximum absolute atomic E-state index is 5.77. The van der Waals surface area contributed by atoms with E-state index in [-0.39, 0.29) is 0 Å². The highest BCUT2D eigenvalue weighted by Crippen LogP contribution is 2.23. The summed E-state index contributed by atoms with van der Waals surface area (Å²) in [7, 11) is 0. The molecule has 0 aliphatic rings. The third-order valence-corrected chi connectivity index (χ3v) is 2.34. The van der Waals surface area contributed by atoms with Gasteiger partial charge in [0.15, 0.2) is 0 Å². The predicted molar refractivity (Wildman–Crippen MR) is 56.3 cm³/mol. The Morgan fingerprint density at radius 2 is 1.92 bits per heavy atom. The fourth-order valence-corrected chi connectivity index (χ4v) is 1.66. The van der Waals surface area contributed by atoms with Crippen molar-refractivity contribution in [2.75, 3.05) is 6.54 Å². The molecule has 2 N–H and O–H groups in total. The van der Waals surface area contributed by atoms with Gasteiger partial charge in [0.05, 0.1) is 0 Å². The summed E-state index contributed by atoms with van der Waals surface area (Å²) < 4.78 is 0. The number of nitrogens with two attached hydrogens (primary N) is 1. The number of pyridine rings is 1. The zero-order valence-electron chi connectivity index (χ0n) is 7.43. The third-order valence-electron chi connectivity index (χ3n) is 1.95. The summed E-state index contributed by atoms with van der Waals surface area (Å²) in [5.74, 6) is 0.378. The molecule has 13 heavy (non-hydrogen) atoms. The molecule has 0 aliphatic carbocycles. The Kier molecular flexibility index (Phi) is 3.97. The maximum Gasteiger partial charge on any atom is 0.131 e. The molecular weight excluding hydrogens is 207 g/mol. The Morgan fingerprint density at radius 1 is 1.38 bits per heavy atom. The summed E-state index contributed by atoms with van der Waals surface area (Å²) in [6.45, 7) is 2.76. The van der Waals surface area contributed by atoms with Crippen LogP contribution in [0.3, 0.4) is 0 Å². The van der Waals surface area contributed by atoms with Crippen LogP contribution in [0.15, 0.2) is 12.1 Å². The lowest BCUT2D eigenvalue weighted by Crippen LogP contribution is -2.04. The van der Waals surface area contributed by atoms with Crippen molar-refractivity contribution in [2.45, 2.75) is 19.3 Å². The van der Waals surface area contributed by atoms with Gasteiger partial charge in [-0.15, -0.1) is 0 Å². The average molecular weight is 219 g/mol. The quantitative estimate of drug-likeness (QED) is 0.794. The molecular formula is C9H12Cl2N2. The normalized spacial score (nSPS) is 12.9. The molecule has 1 unspecified atom stereocenters. The number of halogens is 2. The minimum absolute atomic E-state index is 0.378. The molecule has 0 fully saturated rings. The molecule has 1 rings (SSSR count). The fraction of sp³-hybridized carbons (Fsp3) is 0.444. The topological polar surface area (TPSA) is 38.9 Å². The molecule has 0 radical (unpaired) electrons. The van der Waals surface area contributed by atoms with E-state index in [0.29, 0.717) is 22.8 Å². The van der Waals surface area contributed by atoms with Crippen molar-refractivity contribution in [2.24, 2.45) is 5.73 Å². The number of nitrogens with zero attached hydrogens (tertiary/aromatic N) is 1. The van der Waals surface area contributed by atoms with E-state index < -0.39 is 0 Å². The van der Waals surface area contributed by atoms with E-state index in [1.54, 1.807) is 0 Å². The molecule has 0 saturated heterocycles. The van der Waals surface area contributed by atoms with Crippen LogP contribution in [0.2, 0.25) is 10.3 Å². The molecule has 0 bridgehead atoms. The Morgan fingerprint density at radius 3 is 2.38 bits per heavy atom. The van der Waals surface area contributed by atoms with Gasteiger partial charge in [-0.1, -0.05) is 30.1 Å². The Hall–Kier alpha value is -0.310. The summed E-state index contributed by atoms with van der Waals surface area (Å²) >= 11 is 11.5. The van der Waals surface area contributed by atoms with Gasteiger partial charge in [0.2, 0.25) is 0 Å². The van der Waals surface area contributed by atoms with Crippen LogP contribution < -0.4 is 5.73 Å². The van der Waals surface area contributed by atoms with Gasteiger partial charge >= 0.3 is 0 Å². The Labute approximate surface area is 88.1 Å². The van der Waals surface area contributed by atoms with Gasteiger partial charge in [-0.25, -0.2) is 4.98 Å². The first kappa shape index (κ1) is 10.8. The van der Waals surface area contributed by atoms with Crippen molar-refractivity contribution < 1.29 is 0 Å². The van der Waals surface area contributed by atoms with Crippen molar-refractivity contribution in [3.05, 3.63) is 28.0 Å². The van der Waals surface area contributed by atoms with Crippen LogP contribution in [0.5, 0.6) is 0 Å². The van der Waals surface area contributed by atoms with E-state index in [1.165, 1.54) is 0 Å². The second-order valence-corrected chi connectivity index (χ2v) is 3.80. The van der Waals surface area contributed by atoms with Crippen molar-refractivity contribution >= 4 is 23.2 Å². The average Bonchev–Trinajstić information content (AvgIpc) is 2.03. The van der Waals surface area contributed by atoms with Gasteiger partial charge in [-0.05, 0) is 36.6 Å². The van der Waals surface area contributed by atoms with Crippen LogP contribution in [-0.2, 0) is 0 Å². The molecule has 72 valence electrons. The molecule has 2 nitrogen and oxygen atoms in total. The second-order valence-electron chi connectivity index (χ2n) is 3.02. The molecule has 0 aliphatic heterocycles. The SMILES string of the molecule is CC(CCN)c1cc(Cl)nc(Cl)c1. The number of rotatable bonds is 3. The standard InChI is InChI=1S/C9H12Cl2N2/c1-6(2-3-12)7-4-8(10)13-9(11)5-7/h4-6H,2-3,12H2,1H3. The van der Waals surface area contributed by atoms with Crippen molar-refractivity contribution in [3.63, 3.8) is 0 Å². The molecule has 1 atom stereocenters. The number of hydrogen-bond donors (Lipinski definition) is 1.